The minimum absolute atomic E-state index is 0.500. The first kappa shape index (κ1) is 76.2. The molecule has 0 fully saturated rings. The molecule has 33 rings (SSSR count). The van der Waals surface area contributed by atoms with E-state index in [4.69, 9.17) is 19.7 Å². The zero-order chi connectivity index (χ0) is 90.0. The summed E-state index contributed by atoms with van der Waals surface area (Å²) in [6, 6.07) is 160. The van der Waals surface area contributed by atoms with Gasteiger partial charge >= 0.3 is 0 Å². The van der Waals surface area contributed by atoms with E-state index >= 15 is 0 Å². The highest BCUT2D eigenvalue weighted by Gasteiger charge is 2.54. The van der Waals surface area contributed by atoms with Crippen molar-refractivity contribution in [1.82, 2.24) is 42.4 Å². The highest BCUT2D eigenvalue weighted by Crippen LogP contribution is 2.67. The SMILES string of the molecule is c1ccc(-n2c3ccccc3c3c4c(ccc32)C2(c3ccccc3S4)c3ccccc3-n3c4ccccc4c4cccc2c43)nc1.c1ccc(-n2c3ccccc3c3cc4c(cc32)C2(c3ccccc3S4)c3ccccc3-n3c4ccccc4c4cccc2c43)nc1.c1ccc(-n2c3ccccc3c3cc4c(cc32)Oc2ccccc2C42c3ccccc3-n3c4ccccc4c4cccc2c43)nc1. The Labute approximate surface area is 799 Å². The summed E-state index contributed by atoms with van der Waals surface area (Å²) in [5.41, 5.74) is 32.0. The molecule has 6 aliphatic heterocycles. The minimum Gasteiger partial charge on any atom is -0.457 e. The first-order valence-electron chi connectivity index (χ1n) is 47.2. The lowest BCUT2D eigenvalue weighted by atomic mass is 9.61. The molecular formula is C126H75N9OS2. The second kappa shape index (κ2) is 28.4. The fourth-order valence-corrected chi connectivity index (χ4v) is 28.2. The quantitative estimate of drug-likeness (QED) is 0.175. The number of nitrogens with zero attached hydrogens (tertiary/aromatic N) is 9. The van der Waals surface area contributed by atoms with Crippen LogP contribution in [-0.2, 0) is 16.2 Å². The smallest absolute Gasteiger partial charge is 0.137 e. The van der Waals surface area contributed by atoms with E-state index in [1.54, 1.807) is 0 Å². The van der Waals surface area contributed by atoms with Crippen LogP contribution in [0.2, 0.25) is 0 Å². The highest BCUT2D eigenvalue weighted by molar-refractivity contribution is 8.00. The van der Waals surface area contributed by atoms with Crippen LogP contribution in [0.15, 0.2) is 475 Å². The molecule has 10 nitrogen and oxygen atoms in total. The van der Waals surface area contributed by atoms with Crippen LogP contribution in [0.25, 0.3) is 165 Å². The number of hydrogen-bond donors (Lipinski definition) is 0. The van der Waals surface area contributed by atoms with Gasteiger partial charge in [-0.3, -0.25) is 13.7 Å². The molecule has 9 aromatic heterocycles. The van der Waals surface area contributed by atoms with Crippen molar-refractivity contribution in [2.75, 3.05) is 0 Å². The molecule has 0 saturated carbocycles. The van der Waals surface area contributed by atoms with Gasteiger partial charge in [0.05, 0.1) is 99.5 Å². The van der Waals surface area contributed by atoms with E-state index in [2.05, 4.69) is 440 Å². The van der Waals surface area contributed by atoms with Crippen molar-refractivity contribution in [3.8, 4) is 46.0 Å². The Bertz CT molecular complexity index is 9790. The molecule has 27 aromatic rings. The number of benzene rings is 18. The third-order valence-corrected chi connectivity index (χ3v) is 33.0. The molecule has 0 saturated heterocycles. The first-order valence-corrected chi connectivity index (χ1v) is 48.8. The number of hydrogen-bond acceptors (Lipinski definition) is 6. The van der Waals surface area contributed by atoms with Crippen LogP contribution in [0.5, 0.6) is 11.5 Å². The molecule has 3 unspecified atom stereocenters. The molecule has 138 heavy (non-hydrogen) atoms. The number of fused-ring (bicyclic) bond motifs is 43. The van der Waals surface area contributed by atoms with Crippen LogP contribution in [0, 0.1) is 0 Å². The van der Waals surface area contributed by atoms with Crippen molar-refractivity contribution in [1.29, 1.82) is 0 Å². The van der Waals surface area contributed by atoms with Crippen molar-refractivity contribution in [3.05, 3.63) is 522 Å². The molecule has 3 atom stereocenters. The highest BCUT2D eigenvalue weighted by atomic mass is 32.2. The number of pyridine rings is 3. The summed E-state index contributed by atoms with van der Waals surface area (Å²) in [6.45, 7) is 0. The number of rotatable bonds is 3. The lowest BCUT2D eigenvalue weighted by Crippen LogP contribution is -2.37. The van der Waals surface area contributed by atoms with E-state index in [1.807, 2.05) is 66.4 Å². The summed E-state index contributed by atoms with van der Waals surface area (Å²) in [5, 5.41) is 15.1. The van der Waals surface area contributed by atoms with E-state index in [1.165, 1.54) is 212 Å². The molecule has 18 aromatic carbocycles. The normalized spacial score (nSPS) is 16.2. The maximum Gasteiger partial charge on any atom is 0.137 e. The third kappa shape index (κ3) is 9.80. The number of aromatic nitrogens is 9. The molecule has 0 amide bonds. The van der Waals surface area contributed by atoms with Gasteiger partial charge in [-0.05, 0) is 189 Å². The van der Waals surface area contributed by atoms with Gasteiger partial charge < -0.3 is 18.4 Å². The fourth-order valence-electron chi connectivity index (χ4n) is 25.6. The van der Waals surface area contributed by atoms with Crippen LogP contribution < -0.4 is 4.74 Å². The van der Waals surface area contributed by atoms with Gasteiger partial charge in [0.15, 0.2) is 0 Å². The summed E-state index contributed by atoms with van der Waals surface area (Å²) in [6.07, 6.45) is 5.63. The van der Waals surface area contributed by atoms with E-state index in [-0.39, 0.29) is 0 Å². The van der Waals surface area contributed by atoms with Crippen molar-refractivity contribution in [3.63, 3.8) is 0 Å². The minimum atomic E-state index is -0.604. The second-order valence-electron chi connectivity index (χ2n) is 36.9. The maximum atomic E-state index is 6.92. The molecule has 0 bridgehead atoms. The van der Waals surface area contributed by atoms with E-state index in [0.717, 1.165) is 51.1 Å². The molecule has 642 valence electrons. The average molecular weight is 1800 g/mol. The summed E-state index contributed by atoms with van der Waals surface area (Å²) >= 11 is 3.81. The first-order chi connectivity index (χ1) is 68.5. The van der Waals surface area contributed by atoms with Gasteiger partial charge in [-0.1, -0.05) is 321 Å². The summed E-state index contributed by atoms with van der Waals surface area (Å²) in [7, 11) is 0. The van der Waals surface area contributed by atoms with Gasteiger partial charge in [-0.25, -0.2) is 15.0 Å². The predicted molar refractivity (Wildman–Crippen MR) is 563 cm³/mol. The van der Waals surface area contributed by atoms with E-state index in [9.17, 15) is 0 Å². The zero-order valence-corrected chi connectivity index (χ0v) is 75.7. The van der Waals surface area contributed by atoms with E-state index < -0.39 is 16.2 Å². The van der Waals surface area contributed by atoms with Crippen LogP contribution in [0.4, 0.5) is 0 Å². The summed E-state index contributed by atoms with van der Waals surface area (Å²) < 4.78 is 21.3. The standard InChI is InChI=1S/C42H25N3O.2C42H25N3S/c1-6-19-35-26(12-1)28-14-11-17-32-41(28)45(35)36-20-7-3-15-30(36)42(32)31-16-4-8-21-38(31)46-39-25-37-29(24-33(39)42)27-13-2-5-18-34(27)44(37)40-22-9-10-23-43-40;1-6-19-35-26(12-1)28-14-11-17-32-41(28)45(35)36-20-7-3-15-30(36)42(32)31-16-4-8-21-38(31)46-39-24-29-27-13-2-5-18-34(27)44(37(29)25-33(39)42)40-22-9-10-23-43-40;1-5-18-33-26(12-1)27-14-11-17-31-40(27)45(33)35-20-7-3-15-29(35)42(31)30-16-4-8-21-37(30)46-41-32(42)23-24-36-39(41)28-13-2-6-19-34(28)44(36)38-22-9-10-25-43-38/h3*1-25H. The molecule has 3 spiro atoms. The van der Waals surface area contributed by atoms with Gasteiger partial charge in [0.1, 0.15) is 29.0 Å². The Hall–Kier alpha value is -17.3. The summed E-state index contributed by atoms with van der Waals surface area (Å²) in [4.78, 5) is 19.7. The zero-order valence-electron chi connectivity index (χ0n) is 74.1. The average Bonchev–Trinajstić information content (AvgIpc) is 1.42. The Morgan fingerprint density at radius 1 is 0.188 bits per heavy atom. The molecule has 0 aliphatic carbocycles. The number of ether oxygens (including phenoxy) is 1. The Kier molecular flexibility index (Phi) is 15.7. The third-order valence-electron chi connectivity index (χ3n) is 30.7. The molecular weight excluding hydrogens is 1720 g/mol. The van der Waals surface area contributed by atoms with Gasteiger partial charge in [-0.2, -0.15) is 0 Å². The van der Waals surface area contributed by atoms with Crippen molar-refractivity contribution in [2.24, 2.45) is 0 Å². The molecule has 6 aliphatic rings. The predicted octanol–water partition coefficient (Wildman–Crippen LogP) is 31.0. The van der Waals surface area contributed by atoms with Crippen molar-refractivity contribution >= 4 is 154 Å². The van der Waals surface area contributed by atoms with Crippen LogP contribution in [0.3, 0.4) is 0 Å². The second-order valence-corrected chi connectivity index (χ2v) is 39.1. The van der Waals surface area contributed by atoms with Gasteiger partial charge in [0.25, 0.3) is 0 Å². The summed E-state index contributed by atoms with van der Waals surface area (Å²) in [5.74, 6) is 4.49. The monoisotopic (exact) mass is 1790 g/mol. The molecule has 0 radical (unpaired) electrons. The Morgan fingerprint density at radius 3 is 1.00 bits per heavy atom. The largest absolute Gasteiger partial charge is 0.457 e. The Balaban J connectivity index is 0.0000000959. The van der Waals surface area contributed by atoms with Gasteiger partial charge in [0.2, 0.25) is 0 Å². The lowest BCUT2D eigenvalue weighted by molar-refractivity contribution is 0.434. The maximum absolute atomic E-state index is 6.92. The number of para-hydroxylation sites is 13. The van der Waals surface area contributed by atoms with Crippen LogP contribution >= 0.6 is 23.5 Å². The fraction of sp³-hybridized carbons (Fsp3) is 0.0238. The van der Waals surface area contributed by atoms with Gasteiger partial charge in [0, 0.05) is 120 Å². The van der Waals surface area contributed by atoms with Crippen LogP contribution in [0.1, 0.15) is 66.8 Å². The van der Waals surface area contributed by atoms with Crippen molar-refractivity contribution in [2.45, 2.75) is 35.8 Å². The van der Waals surface area contributed by atoms with Crippen molar-refractivity contribution < 1.29 is 4.74 Å². The van der Waals surface area contributed by atoms with Gasteiger partial charge in [-0.15, -0.1) is 0 Å². The van der Waals surface area contributed by atoms with Crippen LogP contribution in [-0.4, -0.2) is 42.4 Å². The molecule has 0 N–H and O–H groups in total. The molecule has 15 heterocycles. The Morgan fingerprint density at radius 2 is 0.529 bits per heavy atom. The topological polar surface area (TPSA) is 77.5 Å². The lowest BCUT2D eigenvalue weighted by Gasteiger charge is -2.45. The van der Waals surface area contributed by atoms with E-state index in [0.29, 0.717) is 0 Å². The molecule has 12 heteroatoms.